The van der Waals surface area contributed by atoms with Gasteiger partial charge in [0.1, 0.15) is 5.82 Å². The van der Waals surface area contributed by atoms with E-state index < -0.39 is 0 Å². The van der Waals surface area contributed by atoms with E-state index in [1.807, 2.05) is 12.1 Å². The first-order valence-corrected chi connectivity index (χ1v) is 5.69. The fraction of sp³-hybridized carbons (Fsp3) is 0.538. The first-order chi connectivity index (χ1) is 7.15. The summed E-state index contributed by atoms with van der Waals surface area (Å²) in [4.78, 5) is 0. The van der Waals surface area contributed by atoms with E-state index in [2.05, 4.69) is 19.2 Å². The summed E-state index contributed by atoms with van der Waals surface area (Å²) in [5.41, 5.74) is 1.88. The summed E-state index contributed by atoms with van der Waals surface area (Å²) >= 11 is 0. The minimum atomic E-state index is -0.157. The number of aryl methyl sites for hydroxylation is 1. The third kappa shape index (κ3) is 1.91. The lowest BCUT2D eigenvalue weighted by molar-refractivity contribution is 0.410. The third-order valence-corrected chi connectivity index (χ3v) is 3.40. The molecule has 1 N–H and O–H groups in total. The van der Waals surface area contributed by atoms with E-state index in [4.69, 9.17) is 0 Å². The molecule has 0 aromatic heterocycles. The van der Waals surface area contributed by atoms with E-state index in [1.54, 1.807) is 6.07 Å². The zero-order valence-electron chi connectivity index (χ0n) is 9.44. The van der Waals surface area contributed by atoms with Crippen LogP contribution in [0.1, 0.15) is 37.8 Å². The Bertz CT molecular complexity index is 354. The smallest absolute Gasteiger partial charge is 0.128 e. The van der Waals surface area contributed by atoms with Crippen LogP contribution >= 0.6 is 0 Å². The maximum Gasteiger partial charge on any atom is 0.128 e. The van der Waals surface area contributed by atoms with Crippen molar-refractivity contribution < 1.29 is 4.39 Å². The summed E-state index contributed by atoms with van der Waals surface area (Å²) in [6, 6.07) is 5.48. The predicted molar refractivity (Wildman–Crippen MR) is 60.4 cm³/mol. The van der Waals surface area contributed by atoms with Gasteiger partial charge in [-0.3, -0.25) is 0 Å². The lowest BCUT2D eigenvalue weighted by atomic mass is 9.88. The number of rotatable bonds is 2. The molecule has 0 radical (unpaired) electrons. The summed E-state index contributed by atoms with van der Waals surface area (Å²) in [5.74, 6) is -0.0795. The van der Waals surface area contributed by atoms with Gasteiger partial charge in [-0.2, -0.15) is 0 Å². The molecule has 0 aliphatic carbocycles. The second kappa shape index (κ2) is 3.93. The molecule has 1 unspecified atom stereocenters. The molecule has 1 aromatic rings. The van der Waals surface area contributed by atoms with Gasteiger partial charge >= 0.3 is 0 Å². The first kappa shape index (κ1) is 10.6. The molecule has 1 heterocycles. The molecule has 1 saturated heterocycles. The number of benzene rings is 1. The van der Waals surface area contributed by atoms with Crippen molar-refractivity contribution in [2.75, 3.05) is 6.54 Å². The fourth-order valence-corrected chi connectivity index (χ4v) is 2.34. The lowest BCUT2D eigenvalue weighted by Gasteiger charge is -2.26. The normalized spacial score (nSPS) is 25.8. The molecular formula is C13H18FN. The molecule has 1 aliphatic heterocycles. The Balaban J connectivity index is 2.41. The molecule has 1 aromatic carbocycles. The zero-order valence-corrected chi connectivity index (χ0v) is 9.44. The molecular weight excluding hydrogens is 189 g/mol. The molecule has 0 bridgehead atoms. The Morgan fingerprint density at radius 3 is 2.87 bits per heavy atom. The molecule has 0 saturated carbocycles. The molecule has 2 rings (SSSR count). The van der Waals surface area contributed by atoms with Gasteiger partial charge in [0.2, 0.25) is 0 Å². The Morgan fingerprint density at radius 1 is 1.47 bits per heavy atom. The number of nitrogens with one attached hydrogen (secondary N) is 1. The molecule has 15 heavy (non-hydrogen) atoms. The molecule has 0 amide bonds. The van der Waals surface area contributed by atoms with Gasteiger partial charge in [-0.05, 0) is 44.4 Å². The molecule has 2 heteroatoms. The van der Waals surface area contributed by atoms with Crippen LogP contribution in [-0.4, -0.2) is 6.54 Å². The van der Waals surface area contributed by atoms with Gasteiger partial charge in [0.25, 0.3) is 0 Å². The highest BCUT2D eigenvalue weighted by Gasteiger charge is 2.32. The highest BCUT2D eigenvalue weighted by molar-refractivity contribution is 5.31. The van der Waals surface area contributed by atoms with Gasteiger partial charge in [0.15, 0.2) is 0 Å². The molecule has 1 atom stereocenters. The van der Waals surface area contributed by atoms with Gasteiger partial charge in [-0.25, -0.2) is 4.39 Å². The van der Waals surface area contributed by atoms with Crippen molar-refractivity contribution in [3.8, 4) is 0 Å². The van der Waals surface area contributed by atoms with E-state index >= 15 is 0 Å². The largest absolute Gasteiger partial charge is 0.308 e. The summed E-state index contributed by atoms with van der Waals surface area (Å²) in [7, 11) is 0. The SMILES string of the molecule is CCc1ccc(F)c(C2(C)CCCN2)c1. The molecule has 82 valence electrons. The maximum absolute atomic E-state index is 13.8. The van der Waals surface area contributed by atoms with Crippen molar-refractivity contribution in [1.82, 2.24) is 5.32 Å². The molecule has 1 nitrogen and oxygen atoms in total. The average Bonchev–Trinajstić information content (AvgIpc) is 2.67. The highest BCUT2D eigenvalue weighted by atomic mass is 19.1. The van der Waals surface area contributed by atoms with Crippen LogP contribution in [0.3, 0.4) is 0 Å². The van der Waals surface area contributed by atoms with Crippen molar-refractivity contribution in [2.24, 2.45) is 0 Å². The minimum absolute atomic E-state index is 0.0795. The second-order valence-electron chi connectivity index (χ2n) is 4.53. The van der Waals surface area contributed by atoms with Crippen LogP contribution in [0.15, 0.2) is 18.2 Å². The standard InChI is InChI=1S/C13H18FN/c1-3-10-5-6-12(14)11(9-10)13(2)7-4-8-15-13/h5-6,9,15H,3-4,7-8H2,1-2H3. The number of hydrogen-bond acceptors (Lipinski definition) is 1. The van der Waals surface area contributed by atoms with Crippen LogP contribution in [0.25, 0.3) is 0 Å². The molecule has 0 spiro atoms. The monoisotopic (exact) mass is 207 g/mol. The predicted octanol–water partition coefficient (Wildman–Crippen LogP) is 2.99. The Kier molecular flexibility index (Phi) is 2.79. The summed E-state index contributed by atoms with van der Waals surface area (Å²) in [6.45, 7) is 5.19. The summed E-state index contributed by atoms with van der Waals surface area (Å²) in [6.07, 6.45) is 3.12. The fourth-order valence-electron chi connectivity index (χ4n) is 2.34. The van der Waals surface area contributed by atoms with Gasteiger partial charge in [0.05, 0.1) is 0 Å². The van der Waals surface area contributed by atoms with E-state index in [0.717, 1.165) is 31.4 Å². The van der Waals surface area contributed by atoms with E-state index in [0.29, 0.717) is 0 Å². The van der Waals surface area contributed by atoms with Gasteiger partial charge in [0, 0.05) is 11.1 Å². The van der Waals surface area contributed by atoms with E-state index in [1.165, 1.54) is 5.56 Å². The van der Waals surface area contributed by atoms with Crippen LogP contribution in [0.5, 0.6) is 0 Å². The molecule has 1 aliphatic rings. The summed E-state index contributed by atoms with van der Waals surface area (Å²) in [5, 5.41) is 3.40. The van der Waals surface area contributed by atoms with Crippen molar-refractivity contribution in [2.45, 2.75) is 38.6 Å². The van der Waals surface area contributed by atoms with Crippen molar-refractivity contribution in [3.05, 3.63) is 35.1 Å². The van der Waals surface area contributed by atoms with Crippen LogP contribution in [0, 0.1) is 5.82 Å². The quantitative estimate of drug-likeness (QED) is 0.786. The number of halogens is 1. The van der Waals surface area contributed by atoms with Crippen molar-refractivity contribution >= 4 is 0 Å². The molecule has 1 fully saturated rings. The maximum atomic E-state index is 13.8. The van der Waals surface area contributed by atoms with Crippen LogP contribution in [0.2, 0.25) is 0 Å². The lowest BCUT2D eigenvalue weighted by Crippen LogP contribution is -2.34. The Hall–Kier alpha value is -0.890. The van der Waals surface area contributed by atoms with Crippen molar-refractivity contribution in [3.63, 3.8) is 0 Å². The van der Waals surface area contributed by atoms with Gasteiger partial charge in [-0.1, -0.05) is 19.1 Å². The van der Waals surface area contributed by atoms with Crippen LogP contribution in [0.4, 0.5) is 4.39 Å². The first-order valence-electron chi connectivity index (χ1n) is 5.69. The minimum Gasteiger partial charge on any atom is -0.308 e. The third-order valence-electron chi connectivity index (χ3n) is 3.40. The highest BCUT2D eigenvalue weighted by Crippen LogP contribution is 2.32. The van der Waals surface area contributed by atoms with E-state index in [-0.39, 0.29) is 11.4 Å². The number of hydrogen-bond donors (Lipinski definition) is 1. The topological polar surface area (TPSA) is 12.0 Å². The van der Waals surface area contributed by atoms with E-state index in [9.17, 15) is 4.39 Å². The van der Waals surface area contributed by atoms with Crippen LogP contribution < -0.4 is 5.32 Å². The Labute approximate surface area is 90.7 Å². The second-order valence-corrected chi connectivity index (χ2v) is 4.53. The van der Waals surface area contributed by atoms with Gasteiger partial charge < -0.3 is 5.32 Å². The van der Waals surface area contributed by atoms with Crippen LogP contribution in [-0.2, 0) is 12.0 Å². The van der Waals surface area contributed by atoms with Gasteiger partial charge in [-0.15, -0.1) is 0 Å². The zero-order chi connectivity index (χ0) is 10.9. The summed E-state index contributed by atoms with van der Waals surface area (Å²) < 4.78 is 13.8. The van der Waals surface area contributed by atoms with Crippen molar-refractivity contribution in [1.29, 1.82) is 0 Å². The Morgan fingerprint density at radius 2 is 2.27 bits per heavy atom. The average molecular weight is 207 g/mol.